The Bertz CT molecular complexity index is 932. The molecule has 0 bridgehead atoms. The van der Waals surface area contributed by atoms with Gasteiger partial charge in [-0.3, -0.25) is 14.4 Å². The zero-order valence-electron chi connectivity index (χ0n) is 21.2. The van der Waals surface area contributed by atoms with Crippen LogP contribution in [-0.2, 0) is 27.2 Å². The molecule has 0 heterocycles. The summed E-state index contributed by atoms with van der Waals surface area (Å²) in [7, 11) is 0. The van der Waals surface area contributed by atoms with Gasteiger partial charge in [-0.15, -0.1) is 0 Å². The van der Waals surface area contributed by atoms with E-state index in [0.29, 0.717) is 19.3 Å². The molecule has 7 heteroatoms. The Labute approximate surface area is 208 Å². The summed E-state index contributed by atoms with van der Waals surface area (Å²) in [6.07, 6.45) is 1.10. The van der Waals surface area contributed by atoms with E-state index in [0.717, 1.165) is 11.1 Å². The number of hydrogen-bond acceptors (Lipinski definition) is 4. The van der Waals surface area contributed by atoms with Crippen molar-refractivity contribution >= 4 is 17.7 Å². The second kappa shape index (κ2) is 14.3. The number of nitrogens with one attached hydrogen (secondary N) is 3. The van der Waals surface area contributed by atoms with Crippen LogP contribution < -0.4 is 16.0 Å². The van der Waals surface area contributed by atoms with E-state index in [-0.39, 0.29) is 30.3 Å². The van der Waals surface area contributed by atoms with Gasteiger partial charge >= 0.3 is 0 Å². The minimum Gasteiger partial charge on any atom is -0.394 e. The molecule has 0 saturated carbocycles. The summed E-state index contributed by atoms with van der Waals surface area (Å²) in [4.78, 5) is 38.9. The van der Waals surface area contributed by atoms with E-state index in [1.165, 1.54) is 0 Å². The summed E-state index contributed by atoms with van der Waals surface area (Å²) in [6.45, 7) is 7.36. The van der Waals surface area contributed by atoms with Crippen LogP contribution in [0.4, 0.5) is 0 Å². The molecule has 35 heavy (non-hydrogen) atoms. The predicted octanol–water partition coefficient (Wildman–Crippen LogP) is 2.62. The van der Waals surface area contributed by atoms with Gasteiger partial charge in [0.1, 0.15) is 12.1 Å². The van der Waals surface area contributed by atoms with Crippen molar-refractivity contribution in [2.24, 2.45) is 11.8 Å². The molecule has 2 aromatic carbocycles. The number of amides is 3. The molecule has 3 unspecified atom stereocenters. The highest BCUT2D eigenvalue weighted by Gasteiger charge is 2.30. The standard InChI is InChI=1S/C28H39N3O4/c1-19(2)15-25(33)30-24(17-22-13-9-6-10-14-22)27(34)31-26(20(3)4)28(35)29-23(18-32)16-21-11-7-5-8-12-21/h5-14,19-20,23-24,26,32H,15-18H2,1-4H3,(H,29,35)(H,30,33)(H,31,34). The van der Waals surface area contributed by atoms with E-state index in [2.05, 4.69) is 16.0 Å². The maximum absolute atomic E-state index is 13.3. The predicted molar refractivity (Wildman–Crippen MR) is 137 cm³/mol. The number of rotatable bonds is 13. The van der Waals surface area contributed by atoms with Gasteiger partial charge in [0.25, 0.3) is 0 Å². The molecule has 3 atom stereocenters. The molecule has 0 radical (unpaired) electrons. The first-order valence-corrected chi connectivity index (χ1v) is 12.3. The zero-order chi connectivity index (χ0) is 25.8. The van der Waals surface area contributed by atoms with E-state index in [1.807, 2.05) is 88.4 Å². The summed E-state index contributed by atoms with van der Waals surface area (Å²) < 4.78 is 0. The highest BCUT2D eigenvalue weighted by molar-refractivity contribution is 5.92. The average molecular weight is 482 g/mol. The first-order valence-electron chi connectivity index (χ1n) is 12.3. The van der Waals surface area contributed by atoms with Crippen molar-refractivity contribution in [3.8, 4) is 0 Å². The maximum Gasteiger partial charge on any atom is 0.243 e. The van der Waals surface area contributed by atoms with Gasteiger partial charge in [0.2, 0.25) is 17.7 Å². The SMILES string of the molecule is CC(C)CC(=O)NC(Cc1ccccc1)C(=O)NC(C(=O)NC(CO)Cc1ccccc1)C(C)C. The molecule has 190 valence electrons. The Morgan fingerprint density at radius 2 is 1.29 bits per heavy atom. The molecule has 2 rings (SSSR count). The van der Waals surface area contributed by atoms with Gasteiger partial charge in [0.05, 0.1) is 12.6 Å². The fraction of sp³-hybridized carbons (Fsp3) is 0.464. The monoisotopic (exact) mass is 481 g/mol. The third-order valence-electron chi connectivity index (χ3n) is 5.67. The van der Waals surface area contributed by atoms with Crippen molar-refractivity contribution in [2.45, 2.75) is 65.1 Å². The van der Waals surface area contributed by atoms with Crippen LogP contribution in [0.15, 0.2) is 60.7 Å². The summed E-state index contributed by atoms with van der Waals surface area (Å²) in [5, 5.41) is 18.4. The van der Waals surface area contributed by atoms with E-state index < -0.39 is 24.0 Å². The van der Waals surface area contributed by atoms with Crippen molar-refractivity contribution in [3.05, 3.63) is 71.8 Å². The smallest absolute Gasteiger partial charge is 0.243 e. The van der Waals surface area contributed by atoms with Gasteiger partial charge in [-0.05, 0) is 29.4 Å². The van der Waals surface area contributed by atoms with Gasteiger partial charge in [-0.25, -0.2) is 0 Å². The first-order chi connectivity index (χ1) is 16.7. The number of benzene rings is 2. The number of carbonyl (C=O) groups excluding carboxylic acids is 3. The Balaban J connectivity index is 2.11. The topological polar surface area (TPSA) is 108 Å². The normalized spacial score (nSPS) is 13.7. The molecule has 2 aromatic rings. The second-order valence-electron chi connectivity index (χ2n) is 9.72. The van der Waals surface area contributed by atoms with Crippen molar-refractivity contribution in [1.29, 1.82) is 0 Å². The lowest BCUT2D eigenvalue weighted by atomic mass is 9.99. The minimum absolute atomic E-state index is 0.157. The van der Waals surface area contributed by atoms with Crippen molar-refractivity contribution in [2.75, 3.05) is 6.61 Å². The molecule has 0 aliphatic heterocycles. The lowest BCUT2D eigenvalue weighted by Crippen LogP contribution is -2.57. The van der Waals surface area contributed by atoms with Crippen LogP contribution in [0.3, 0.4) is 0 Å². The lowest BCUT2D eigenvalue weighted by Gasteiger charge is -2.27. The Hall–Kier alpha value is -3.19. The number of hydrogen-bond donors (Lipinski definition) is 4. The summed E-state index contributed by atoms with van der Waals surface area (Å²) in [6, 6.07) is 16.9. The molecular weight excluding hydrogens is 442 g/mol. The molecule has 0 aromatic heterocycles. The quantitative estimate of drug-likeness (QED) is 0.353. The van der Waals surface area contributed by atoms with Gasteiger partial charge in [-0.1, -0.05) is 88.4 Å². The zero-order valence-corrected chi connectivity index (χ0v) is 21.2. The Kier molecular flexibility index (Phi) is 11.4. The van der Waals surface area contributed by atoms with Crippen LogP contribution >= 0.6 is 0 Å². The van der Waals surface area contributed by atoms with Crippen molar-refractivity contribution in [3.63, 3.8) is 0 Å². The third kappa shape index (κ3) is 9.91. The fourth-order valence-electron chi connectivity index (χ4n) is 3.82. The van der Waals surface area contributed by atoms with Crippen LogP contribution in [0, 0.1) is 11.8 Å². The van der Waals surface area contributed by atoms with Crippen LogP contribution in [0.1, 0.15) is 45.2 Å². The van der Waals surface area contributed by atoms with E-state index in [9.17, 15) is 19.5 Å². The summed E-state index contributed by atoms with van der Waals surface area (Å²) in [5.41, 5.74) is 1.90. The number of carbonyl (C=O) groups is 3. The molecule has 7 nitrogen and oxygen atoms in total. The molecule has 0 saturated heterocycles. The molecule has 3 amide bonds. The second-order valence-corrected chi connectivity index (χ2v) is 9.72. The average Bonchev–Trinajstić information content (AvgIpc) is 2.82. The van der Waals surface area contributed by atoms with Crippen LogP contribution in [-0.4, -0.2) is 47.6 Å². The van der Waals surface area contributed by atoms with Gasteiger partial charge in [-0.2, -0.15) is 0 Å². The van der Waals surface area contributed by atoms with E-state index in [1.54, 1.807) is 0 Å². The van der Waals surface area contributed by atoms with Gasteiger partial charge < -0.3 is 21.1 Å². The highest BCUT2D eigenvalue weighted by Crippen LogP contribution is 2.09. The number of aliphatic hydroxyl groups is 1. The van der Waals surface area contributed by atoms with Gasteiger partial charge in [0.15, 0.2) is 0 Å². The van der Waals surface area contributed by atoms with Gasteiger partial charge in [0, 0.05) is 12.8 Å². The fourth-order valence-corrected chi connectivity index (χ4v) is 3.82. The highest BCUT2D eigenvalue weighted by atomic mass is 16.3. The third-order valence-corrected chi connectivity index (χ3v) is 5.67. The van der Waals surface area contributed by atoms with Crippen molar-refractivity contribution in [1.82, 2.24) is 16.0 Å². The van der Waals surface area contributed by atoms with Crippen LogP contribution in [0.2, 0.25) is 0 Å². The molecule has 0 aliphatic rings. The summed E-state index contributed by atoms with van der Waals surface area (Å²) in [5.74, 6) is -1.02. The maximum atomic E-state index is 13.3. The molecule has 0 fully saturated rings. The number of aliphatic hydroxyl groups excluding tert-OH is 1. The van der Waals surface area contributed by atoms with Crippen molar-refractivity contribution < 1.29 is 19.5 Å². The first kappa shape index (κ1) is 28.1. The Morgan fingerprint density at radius 3 is 1.77 bits per heavy atom. The minimum atomic E-state index is -0.812. The largest absolute Gasteiger partial charge is 0.394 e. The molecule has 0 aliphatic carbocycles. The molecular formula is C28H39N3O4. The molecule has 4 N–H and O–H groups in total. The van der Waals surface area contributed by atoms with E-state index >= 15 is 0 Å². The van der Waals surface area contributed by atoms with E-state index in [4.69, 9.17) is 0 Å². The van der Waals surface area contributed by atoms with Crippen LogP contribution in [0.5, 0.6) is 0 Å². The lowest BCUT2D eigenvalue weighted by molar-refractivity contribution is -0.133. The van der Waals surface area contributed by atoms with Crippen LogP contribution in [0.25, 0.3) is 0 Å². The summed E-state index contributed by atoms with van der Waals surface area (Å²) >= 11 is 0. The molecule has 0 spiro atoms. The Morgan fingerprint density at radius 1 is 0.743 bits per heavy atom.